The van der Waals surface area contributed by atoms with Crippen molar-refractivity contribution in [3.05, 3.63) is 58.4 Å². The number of carbonyl (C=O) groups is 2. The minimum absolute atomic E-state index is 0.0210. The second-order valence-corrected chi connectivity index (χ2v) is 9.00. The van der Waals surface area contributed by atoms with Crippen LogP contribution in [-0.4, -0.2) is 46.5 Å². The number of carbonyl (C=O) groups excluding carboxylic acids is 2. The van der Waals surface area contributed by atoms with Crippen molar-refractivity contribution in [3.63, 3.8) is 0 Å². The third-order valence-corrected chi connectivity index (χ3v) is 6.61. The summed E-state index contributed by atoms with van der Waals surface area (Å²) in [4.78, 5) is 24.1. The second-order valence-electron chi connectivity index (χ2n) is 6.86. The fraction of sp³-hybridized carbons (Fsp3) is 0.300. The largest absolute Gasteiger partial charge is 0.377 e. The summed E-state index contributed by atoms with van der Waals surface area (Å²) in [6.07, 6.45) is 1.43. The monoisotopic (exact) mass is 469 g/mol. The van der Waals surface area contributed by atoms with Crippen LogP contribution in [0.2, 0.25) is 5.02 Å². The van der Waals surface area contributed by atoms with Crippen LogP contribution in [0.5, 0.6) is 0 Å². The summed E-state index contributed by atoms with van der Waals surface area (Å²) >= 11 is 6.06. The van der Waals surface area contributed by atoms with Gasteiger partial charge in [0.1, 0.15) is 10.7 Å². The Morgan fingerprint density at radius 3 is 2.65 bits per heavy atom. The lowest BCUT2D eigenvalue weighted by molar-refractivity contribution is 0.0957. The third-order valence-electron chi connectivity index (χ3n) is 4.70. The summed E-state index contributed by atoms with van der Waals surface area (Å²) in [5.74, 6) is -2.04. The van der Waals surface area contributed by atoms with E-state index in [-0.39, 0.29) is 39.4 Å². The molecule has 1 aliphatic heterocycles. The van der Waals surface area contributed by atoms with Crippen LogP contribution in [0.4, 0.5) is 10.1 Å². The topological polar surface area (TPSA) is 114 Å². The van der Waals surface area contributed by atoms with Gasteiger partial charge in [-0.25, -0.2) is 17.5 Å². The van der Waals surface area contributed by atoms with Crippen molar-refractivity contribution in [1.82, 2.24) is 10.0 Å². The number of hydrogen-bond donors (Lipinski definition) is 3. The SMILES string of the molecule is CNC(=O)c1cc(NC(=O)c2ccc(Cl)c(S(=O)(=O)NCC3CCCO3)c2)ccc1F. The number of amides is 2. The Morgan fingerprint density at radius 2 is 1.97 bits per heavy atom. The van der Waals surface area contributed by atoms with E-state index in [1.165, 1.54) is 31.3 Å². The fourth-order valence-corrected chi connectivity index (χ4v) is 4.64. The molecule has 31 heavy (non-hydrogen) atoms. The number of halogens is 2. The highest BCUT2D eigenvalue weighted by atomic mass is 35.5. The van der Waals surface area contributed by atoms with Gasteiger partial charge in [0, 0.05) is 31.5 Å². The number of benzene rings is 2. The zero-order chi connectivity index (χ0) is 22.6. The van der Waals surface area contributed by atoms with E-state index >= 15 is 0 Å². The molecule has 1 aliphatic rings. The molecule has 0 bridgehead atoms. The number of sulfonamides is 1. The third kappa shape index (κ3) is 5.59. The Kier molecular flexibility index (Phi) is 7.26. The lowest BCUT2D eigenvalue weighted by atomic mass is 10.1. The smallest absolute Gasteiger partial charge is 0.255 e. The fourth-order valence-electron chi connectivity index (χ4n) is 3.05. The maximum Gasteiger partial charge on any atom is 0.255 e. The van der Waals surface area contributed by atoms with Crippen LogP contribution < -0.4 is 15.4 Å². The van der Waals surface area contributed by atoms with E-state index in [1.54, 1.807) is 0 Å². The van der Waals surface area contributed by atoms with Gasteiger partial charge in [-0.05, 0) is 49.2 Å². The second kappa shape index (κ2) is 9.73. The van der Waals surface area contributed by atoms with Crippen molar-refractivity contribution >= 4 is 39.1 Å². The number of hydrogen-bond acceptors (Lipinski definition) is 5. The van der Waals surface area contributed by atoms with Crippen LogP contribution in [0.15, 0.2) is 41.3 Å². The van der Waals surface area contributed by atoms with Crippen molar-refractivity contribution in [2.24, 2.45) is 0 Å². The molecule has 2 amide bonds. The van der Waals surface area contributed by atoms with E-state index in [0.29, 0.717) is 6.61 Å². The maximum absolute atomic E-state index is 13.8. The zero-order valence-corrected chi connectivity index (χ0v) is 18.1. The zero-order valence-electron chi connectivity index (χ0n) is 16.6. The van der Waals surface area contributed by atoms with Gasteiger partial charge >= 0.3 is 0 Å². The standard InChI is InChI=1S/C20H21ClFN3O5S/c1-23-20(27)15-10-13(5-7-17(15)22)25-19(26)12-4-6-16(21)18(9-12)31(28,29)24-11-14-3-2-8-30-14/h4-7,9-10,14,24H,2-3,8,11H2,1H3,(H,23,27)(H,25,26). The van der Waals surface area contributed by atoms with Crippen LogP contribution in [-0.2, 0) is 14.8 Å². The van der Waals surface area contributed by atoms with Crippen molar-refractivity contribution in [1.29, 1.82) is 0 Å². The summed E-state index contributed by atoms with van der Waals surface area (Å²) < 4.78 is 47.0. The molecule has 2 aromatic carbocycles. The van der Waals surface area contributed by atoms with Crippen molar-refractivity contribution < 1.29 is 27.1 Å². The molecular formula is C20H21ClFN3O5S. The van der Waals surface area contributed by atoms with E-state index in [0.717, 1.165) is 25.0 Å². The molecule has 0 radical (unpaired) electrons. The molecule has 8 nitrogen and oxygen atoms in total. The van der Waals surface area contributed by atoms with Crippen molar-refractivity contribution in [3.8, 4) is 0 Å². The van der Waals surface area contributed by atoms with Crippen molar-refractivity contribution in [2.45, 2.75) is 23.8 Å². The van der Waals surface area contributed by atoms with E-state index in [4.69, 9.17) is 16.3 Å². The highest BCUT2D eigenvalue weighted by molar-refractivity contribution is 7.89. The van der Waals surface area contributed by atoms with E-state index < -0.39 is 27.7 Å². The van der Waals surface area contributed by atoms with Gasteiger partial charge < -0.3 is 15.4 Å². The lowest BCUT2D eigenvalue weighted by Gasteiger charge is -2.13. The molecule has 1 atom stereocenters. The van der Waals surface area contributed by atoms with E-state index in [1.807, 2.05) is 0 Å². The molecule has 1 unspecified atom stereocenters. The lowest BCUT2D eigenvalue weighted by Crippen LogP contribution is -2.32. The van der Waals surface area contributed by atoms with Gasteiger partial charge in [0.2, 0.25) is 10.0 Å². The molecule has 0 aliphatic carbocycles. The Labute approximate surface area is 184 Å². The van der Waals surface area contributed by atoms with Crippen LogP contribution in [0.25, 0.3) is 0 Å². The Morgan fingerprint density at radius 1 is 1.19 bits per heavy atom. The molecule has 1 saturated heterocycles. The van der Waals surface area contributed by atoms with Crippen LogP contribution in [0, 0.1) is 5.82 Å². The first kappa shape index (κ1) is 23.1. The first-order chi connectivity index (χ1) is 14.7. The first-order valence-corrected chi connectivity index (χ1v) is 11.3. The summed E-state index contributed by atoms with van der Waals surface area (Å²) in [7, 11) is -2.62. The molecule has 1 fully saturated rings. The molecule has 1 heterocycles. The summed E-state index contributed by atoms with van der Waals surface area (Å²) in [5, 5.41) is 4.78. The minimum Gasteiger partial charge on any atom is -0.377 e. The Bertz CT molecular complexity index is 1100. The maximum atomic E-state index is 13.8. The van der Waals surface area contributed by atoms with Crippen molar-refractivity contribution in [2.75, 3.05) is 25.5 Å². The molecule has 0 saturated carbocycles. The average Bonchev–Trinajstić information content (AvgIpc) is 3.27. The molecule has 166 valence electrons. The average molecular weight is 470 g/mol. The van der Waals surface area contributed by atoms with Crippen LogP contribution >= 0.6 is 11.6 Å². The Balaban J connectivity index is 1.79. The van der Waals surface area contributed by atoms with E-state index in [9.17, 15) is 22.4 Å². The van der Waals surface area contributed by atoms with E-state index in [2.05, 4.69) is 15.4 Å². The normalized spacial score (nSPS) is 16.2. The minimum atomic E-state index is -3.98. The molecule has 3 N–H and O–H groups in total. The quantitative estimate of drug-likeness (QED) is 0.576. The summed E-state index contributed by atoms with van der Waals surface area (Å²) in [5.41, 5.74) is -0.0495. The number of rotatable bonds is 7. The molecule has 11 heteroatoms. The van der Waals surface area contributed by atoms with Gasteiger partial charge in [-0.3, -0.25) is 9.59 Å². The summed E-state index contributed by atoms with van der Waals surface area (Å²) in [6.45, 7) is 0.695. The highest BCUT2D eigenvalue weighted by Gasteiger charge is 2.23. The van der Waals surface area contributed by atoms with Crippen LogP contribution in [0.3, 0.4) is 0 Å². The predicted octanol–water partition coefficient (Wildman–Crippen LogP) is 2.55. The van der Waals surface area contributed by atoms with Gasteiger partial charge in [-0.2, -0.15) is 0 Å². The number of nitrogens with one attached hydrogen (secondary N) is 3. The molecular weight excluding hydrogens is 449 g/mol. The van der Waals surface area contributed by atoms with Gasteiger partial charge in [-0.15, -0.1) is 0 Å². The van der Waals surface area contributed by atoms with Gasteiger partial charge in [0.25, 0.3) is 11.8 Å². The highest BCUT2D eigenvalue weighted by Crippen LogP contribution is 2.24. The van der Waals surface area contributed by atoms with Gasteiger partial charge in [-0.1, -0.05) is 11.6 Å². The number of ether oxygens (including phenoxy) is 1. The van der Waals surface area contributed by atoms with Gasteiger partial charge in [0.05, 0.1) is 16.7 Å². The van der Waals surface area contributed by atoms with Gasteiger partial charge in [0.15, 0.2) is 0 Å². The van der Waals surface area contributed by atoms with Crippen LogP contribution in [0.1, 0.15) is 33.6 Å². The molecule has 2 aromatic rings. The predicted molar refractivity (Wildman–Crippen MR) is 113 cm³/mol. The first-order valence-electron chi connectivity index (χ1n) is 9.45. The molecule has 0 aromatic heterocycles. The number of anilines is 1. The summed E-state index contributed by atoms with van der Waals surface area (Å²) in [6, 6.07) is 7.34. The molecule has 0 spiro atoms. The Hall–Kier alpha value is -2.53. The molecule has 3 rings (SSSR count).